The zero-order valence-electron chi connectivity index (χ0n) is 17.6. The van der Waals surface area contributed by atoms with E-state index in [1.807, 2.05) is 115 Å². The van der Waals surface area contributed by atoms with E-state index in [0.717, 1.165) is 28.0 Å². The summed E-state index contributed by atoms with van der Waals surface area (Å²) in [6.45, 7) is 0.494. The molecule has 32 heavy (non-hydrogen) atoms. The Balaban J connectivity index is 1.43. The number of nitrogens with zero attached hydrogens (tertiary/aromatic N) is 1. The Kier molecular flexibility index (Phi) is 7.06. The summed E-state index contributed by atoms with van der Waals surface area (Å²) in [5.41, 5.74) is 6.48. The Labute approximate surface area is 188 Å². The van der Waals surface area contributed by atoms with Crippen LogP contribution in [0.25, 0.3) is 0 Å². The van der Waals surface area contributed by atoms with Gasteiger partial charge in [0.05, 0.1) is 12.1 Å². The lowest BCUT2D eigenvalue weighted by atomic mass is 9.91. The summed E-state index contributed by atoms with van der Waals surface area (Å²) in [5.74, 6) is 0.126. The SMILES string of the molecule is O=C(N/N=C\c1cccc(OCc2ccccc2)c1)C(c1ccccc1)c1ccccc1. The Hall–Kier alpha value is -4.18. The molecule has 4 aromatic carbocycles. The Bertz CT molecular complexity index is 1120. The van der Waals surface area contributed by atoms with Crippen molar-refractivity contribution >= 4 is 12.1 Å². The molecular weight excluding hydrogens is 396 g/mol. The van der Waals surface area contributed by atoms with Crippen LogP contribution < -0.4 is 10.2 Å². The maximum absolute atomic E-state index is 13.0. The Morgan fingerprint density at radius 2 is 1.38 bits per heavy atom. The highest BCUT2D eigenvalue weighted by Gasteiger charge is 2.22. The van der Waals surface area contributed by atoms with Crippen molar-refractivity contribution in [1.82, 2.24) is 5.43 Å². The number of ether oxygens (including phenoxy) is 1. The van der Waals surface area contributed by atoms with Gasteiger partial charge in [-0.15, -0.1) is 0 Å². The average Bonchev–Trinajstić information content (AvgIpc) is 2.85. The third-order valence-corrected chi connectivity index (χ3v) is 5.02. The van der Waals surface area contributed by atoms with Crippen LogP contribution in [-0.4, -0.2) is 12.1 Å². The summed E-state index contributed by atoms with van der Waals surface area (Å²) in [7, 11) is 0. The first-order chi connectivity index (χ1) is 15.8. The molecule has 0 heterocycles. The van der Waals surface area contributed by atoms with Gasteiger partial charge in [-0.05, 0) is 34.4 Å². The molecule has 0 aliphatic carbocycles. The van der Waals surface area contributed by atoms with Crippen LogP contribution in [0, 0.1) is 0 Å². The molecule has 0 aliphatic heterocycles. The van der Waals surface area contributed by atoms with Crippen molar-refractivity contribution in [1.29, 1.82) is 0 Å². The minimum atomic E-state index is -0.435. The standard InChI is InChI=1S/C28H24N2O2/c31-28(27(24-14-6-2-7-15-24)25-16-8-3-9-17-25)30-29-20-23-13-10-18-26(19-23)32-21-22-11-4-1-5-12-22/h1-20,27H,21H2,(H,30,31)/b29-20-. The lowest BCUT2D eigenvalue weighted by Gasteiger charge is -2.16. The van der Waals surface area contributed by atoms with E-state index in [1.54, 1.807) is 6.21 Å². The van der Waals surface area contributed by atoms with Crippen molar-refractivity contribution in [2.24, 2.45) is 5.10 Å². The smallest absolute Gasteiger partial charge is 0.252 e. The van der Waals surface area contributed by atoms with Gasteiger partial charge in [-0.1, -0.05) is 103 Å². The van der Waals surface area contributed by atoms with Crippen molar-refractivity contribution in [3.05, 3.63) is 138 Å². The van der Waals surface area contributed by atoms with Crippen molar-refractivity contribution in [2.45, 2.75) is 12.5 Å². The van der Waals surface area contributed by atoms with E-state index >= 15 is 0 Å². The first kappa shape index (κ1) is 21.1. The number of hydrogen-bond donors (Lipinski definition) is 1. The zero-order valence-corrected chi connectivity index (χ0v) is 17.6. The molecule has 4 aromatic rings. The van der Waals surface area contributed by atoms with Gasteiger partial charge in [0.15, 0.2) is 0 Å². The zero-order chi connectivity index (χ0) is 22.0. The average molecular weight is 421 g/mol. The molecule has 0 spiro atoms. The molecule has 4 heteroatoms. The third kappa shape index (κ3) is 5.70. The number of benzene rings is 4. The normalized spacial score (nSPS) is 10.9. The molecule has 0 atom stereocenters. The second kappa shape index (κ2) is 10.7. The monoisotopic (exact) mass is 420 g/mol. The fourth-order valence-electron chi connectivity index (χ4n) is 3.45. The topological polar surface area (TPSA) is 50.7 Å². The maximum Gasteiger partial charge on any atom is 0.252 e. The number of hydrogen-bond acceptors (Lipinski definition) is 3. The number of nitrogens with one attached hydrogen (secondary N) is 1. The summed E-state index contributed by atoms with van der Waals surface area (Å²) in [4.78, 5) is 13.0. The predicted octanol–water partition coefficient (Wildman–Crippen LogP) is 5.55. The van der Waals surface area contributed by atoms with Gasteiger partial charge in [0.25, 0.3) is 5.91 Å². The largest absolute Gasteiger partial charge is 0.489 e. The molecule has 4 rings (SSSR count). The lowest BCUT2D eigenvalue weighted by Crippen LogP contribution is -2.26. The van der Waals surface area contributed by atoms with Gasteiger partial charge in [0.1, 0.15) is 12.4 Å². The quantitative estimate of drug-likeness (QED) is 0.300. The van der Waals surface area contributed by atoms with Crippen molar-refractivity contribution < 1.29 is 9.53 Å². The number of carbonyl (C=O) groups is 1. The molecule has 0 saturated heterocycles. The van der Waals surface area contributed by atoms with E-state index < -0.39 is 5.92 Å². The van der Waals surface area contributed by atoms with Crippen LogP contribution in [0.3, 0.4) is 0 Å². The van der Waals surface area contributed by atoms with E-state index in [-0.39, 0.29) is 5.91 Å². The summed E-state index contributed by atoms with van der Waals surface area (Å²) >= 11 is 0. The summed E-state index contributed by atoms with van der Waals surface area (Å²) in [6, 6.07) is 37.0. The highest BCUT2D eigenvalue weighted by atomic mass is 16.5. The second-order valence-electron chi connectivity index (χ2n) is 7.34. The molecule has 4 nitrogen and oxygen atoms in total. The van der Waals surface area contributed by atoms with Crippen molar-refractivity contribution in [2.75, 3.05) is 0 Å². The summed E-state index contributed by atoms with van der Waals surface area (Å²) in [5, 5.41) is 4.19. The Morgan fingerprint density at radius 1 is 0.781 bits per heavy atom. The molecule has 0 aliphatic rings. The van der Waals surface area contributed by atoms with Crippen LogP contribution in [0.5, 0.6) is 5.75 Å². The molecule has 0 fully saturated rings. The van der Waals surface area contributed by atoms with Crippen LogP contribution in [0.2, 0.25) is 0 Å². The van der Waals surface area contributed by atoms with Gasteiger partial charge in [0, 0.05) is 0 Å². The molecular formula is C28H24N2O2. The molecule has 0 unspecified atom stereocenters. The van der Waals surface area contributed by atoms with Gasteiger partial charge < -0.3 is 4.74 Å². The minimum absolute atomic E-state index is 0.185. The first-order valence-corrected chi connectivity index (χ1v) is 10.5. The highest BCUT2D eigenvalue weighted by Crippen LogP contribution is 2.24. The number of carbonyl (C=O) groups excluding carboxylic acids is 1. The predicted molar refractivity (Wildman–Crippen MR) is 128 cm³/mol. The molecule has 0 saturated carbocycles. The van der Waals surface area contributed by atoms with E-state index in [4.69, 9.17) is 4.74 Å². The molecule has 1 N–H and O–H groups in total. The minimum Gasteiger partial charge on any atom is -0.489 e. The third-order valence-electron chi connectivity index (χ3n) is 5.02. The van der Waals surface area contributed by atoms with E-state index in [0.29, 0.717) is 6.61 Å². The van der Waals surface area contributed by atoms with Crippen LogP contribution >= 0.6 is 0 Å². The van der Waals surface area contributed by atoms with E-state index in [1.165, 1.54) is 0 Å². The molecule has 1 amide bonds. The van der Waals surface area contributed by atoms with Crippen LogP contribution in [0.1, 0.15) is 28.2 Å². The molecule has 0 aromatic heterocycles. The van der Waals surface area contributed by atoms with Crippen LogP contribution in [-0.2, 0) is 11.4 Å². The molecule has 158 valence electrons. The van der Waals surface area contributed by atoms with Crippen LogP contribution in [0.4, 0.5) is 0 Å². The number of rotatable bonds is 8. The molecule has 0 radical (unpaired) electrons. The van der Waals surface area contributed by atoms with E-state index in [2.05, 4.69) is 10.5 Å². The Morgan fingerprint density at radius 3 is 2.00 bits per heavy atom. The highest BCUT2D eigenvalue weighted by molar-refractivity contribution is 5.88. The van der Waals surface area contributed by atoms with Gasteiger partial charge in [-0.2, -0.15) is 5.10 Å². The fraction of sp³-hybridized carbons (Fsp3) is 0.0714. The fourth-order valence-corrected chi connectivity index (χ4v) is 3.45. The number of hydrazone groups is 1. The van der Waals surface area contributed by atoms with Crippen molar-refractivity contribution in [3.63, 3.8) is 0 Å². The molecule has 0 bridgehead atoms. The second-order valence-corrected chi connectivity index (χ2v) is 7.34. The first-order valence-electron chi connectivity index (χ1n) is 10.5. The lowest BCUT2D eigenvalue weighted by molar-refractivity contribution is -0.121. The van der Waals surface area contributed by atoms with Gasteiger partial charge in [-0.3, -0.25) is 4.79 Å². The van der Waals surface area contributed by atoms with Gasteiger partial charge >= 0.3 is 0 Å². The summed E-state index contributed by atoms with van der Waals surface area (Å²) in [6.07, 6.45) is 1.63. The van der Waals surface area contributed by atoms with Gasteiger partial charge in [0.2, 0.25) is 0 Å². The van der Waals surface area contributed by atoms with E-state index in [9.17, 15) is 4.79 Å². The maximum atomic E-state index is 13.0. The van der Waals surface area contributed by atoms with Gasteiger partial charge in [-0.25, -0.2) is 5.43 Å². The number of amides is 1. The van der Waals surface area contributed by atoms with Crippen molar-refractivity contribution in [3.8, 4) is 5.75 Å². The van der Waals surface area contributed by atoms with Crippen LogP contribution in [0.15, 0.2) is 120 Å². The summed E-state index contributed by atoms with van der Waals surface area (Å²) < 4.78 is 5.87.